The summed E-state index contributed by atoms with van der Waals surface area (Å²) < 4.78 is 27.7. The number of urea groups is 1. The topological polar surface area (TPSA) is 81.8 Å². The van der Waals surface area contributed by atoms with E-state index in [0.717, 1.165) is 43.7 Å². The van der Waals surface area contributed by atoms with Crippen molar-refractivity contribution in [1.82, 2.24) is 10.2 Å². The molecule has 1 aliphatic heterocycles. The Bertz CT molecular complexity index is 935. The van der Waals surface area contributed by atoms with Crippen LogP contribution < -0.4 is 14.9 Å². The molecule has 0 radical (unpaired) electrons. The van der Waals surface area contributed by atoms with Gasteiger partial charge in [0.05, 0.1) is 4.90 Å². The largest absolute Gasteiger partial charge is 0.368 e. The number of nitrogens with zero attached hydrogens (tertiary/aromatic N) is 2. The molecule has 1 heterocycles. The van der Waals surface area contributed by atoms with Gasteiger partial charge >= 0.3 is 6.03 Å². The lowest BCUT2D eigenvalue weighted by Crippen LogP contribution is -2.52. The Hall–Kier alpha value is -2.74. The van der Waals surface area contributed by atoms with E-state index >= 15 is 0 Å². The van der Waals surface area contributed by atoms with Crippen molar-refractivity contribution in [2.45, 2.75) is 31.6 Å². The zero-order chi connectivity index (χ0) is 21.6. The zero-order valence-corrected chi connectivity index (χ0v) is 18.4. The number of amides is 2. The van der Waals surface area contributed by atoms with Crippen LogP contribution in [0.15, 0.2) is 53.4 Å². The third kappa shape index (κ3) is 5.66. The molecule has 0 spiro atoms. The van der Waals surface area contributed by atoms with Gasteiger partial charge in [0.1, 0.15) is 0 Å². The van der Waals surface area contributed by atoms with Crippen LogP contribution in [0.2, 0.25) is 0 Å². The molecule has 30 heavy (non-hydrogen) atoms. The molecule has 3 rings (SSSR count). The second-order valence-corrected chi connectivity index (χ2v) is 9.21. The molecule has 0 aliphatic carbocycles. The number of unbranched alkanes of at least 4 members (excludes halogenated alkanes) is 1. The number of carbonyl (C=O) groups excluding carboxylic acids is 1. The molecule has 0 aromatic heterocycles. The highest BCUT2D eigenvalue weighted by molar-refractivity contribution is 7.92. The Balaban J connectivity index is 1.55. The van der Waals surface area contributed by atoms with Gasteiger partial charge in [-0.3, -0.25) is 4.72 Å². The Labute approximate surface area is 179 Å². The van der Waals surface area contributed by atoms with E-state index in [0.29, 0.717) is 18.8 Å². The molecule has 2 N–H and O–H groups in total. The fourth-order valence-electron chi connectivity index (χ4n) is 3.32. The molecule has 0 bridgehead atoms. The standard InChI is InChI=1S/C22H30N4O3S/c1-3-4-13-23-22(27)26-16-14-25(15-17-26)20-9-7-19(8-10-20)24-30(28,29)21-11-5-18(2)6-12-21/h5-12,24H,3-4,13-17H2,1-2H3,(H,23,27). The van der Waals surface area contributed by atoms with E-state index in [1.165, 1.54) is 0 Å². The summed E-state index contributed by atoms with van der Waals surface area (Å²) in [4.78, 5) is 16.4. The molecule has 162 valence electrons. The van der Waals surface area contributed by atoms with Gasteiger partial charge in [-0.25, -0.2) is 13.2 Å². The summed E-state index contributed by atoms with van der Waals surface area (Å²) in [6.45, 7) is 7.56. The number of anilines is 2. The molecule has 1 saturated heterocycles. The third-order valence-corrected chi connectivity index (χ3v) is 6.59. The molecule has 0 saturated carbocycles. The Morgan fingerprint density at radius 1 is 0.967 bits per heavy atom. The molecule has 2 amide bonds. The number of sulfonamides is 1. The smallest absolute Gasteiger partial charge is 0.317 e. The molecule has 1 fully saturated rings. The SMILES string of the molecule is CCCCNC(=O)N1CCN(c2ccc(NS(=O)(=O)c3ccc(C)cc3)cc2)CC1. The predicted octanol–water partition coefficient (Wildman–Crippen LogP) is 3.43. The van der Waals surface area contributed by atoms with E-state index in [-0.39, 0.29) is 10.9 Å². The van der Waals surface area contributed by atoms with Crippen LogP contribution in [0.5, 0.6) is 0 Å². The van der Waals surface area contributed by atoms with Gasteiger partial charge in [-0.2, -0.15) is 0 Å². The molecule has 2 aromatic rings. The van der Waals surface area contributed by atoms with Gasteiger partial charge in [-0.1, -0.05) is 31.0 Å². The first-order chi connectivity index (χ1) is 14.4. The number of benzene rings is 2. The van der Waals surface area contributed by atoms with Crippen molar-refractivity contribution in [1.29, 1.82) is 0 Å². The summed E-state index contributed by atoms with van der Waals surface area (Å²) in [7, 11) is -3.61. The predicted molar refractivity (Wildman–Crippen MR) is 121 cm³/mol. The van der Waals surface area contributed by atoms with E-state index in [9.17, 15) is 13.2 Å². The molecule has 1 aliphatic rings. The fraction of sp³-hybridized carbons (Fsp3) is 0.409. The van der Waals surface area contributed by atoms with Gasteiger partial charge in [-0.05, 0) is 49.7 Å². The van der Waals surface area contributed by atoms with Crippen LogP contribution >= 0.6 is 0 Å². The summed E-state index contributed by atoms with van der Waals surface area (Å²) in [5.74, 6) is 0. The number of hydrogen-bond acceptors (Lipinski definition) is 4. The van der Waals surface area contributed by atoms with Gasteiger partial charge in [-0.15, -0.1) is 0 Å². The molecular formula is C22H30N4O3S. The minimum Gasteiger partial charge on any atom is -0.368 e. The van der Waals surface area contributed by atoms with Crippen molar-refractivity contribution in [3.63, 3.8) is 0 Å². The normalized spacial score (nSPS) is 14.5. The average Bonchev–Trinajstić information content (AvgIpc) is 2.74. The lowest BCUT2D eigenvalue weighted by molar-refractivity contribution is 0.194. The number of carbonyl (C=O) groups is 1. The summed E-state index contributed by atoms with van der Waals surface area (Å²) in [5.41, 5.74) is 2.55. The van der Waals surface area contributed by atoms with Gasteiger partial charge in [0.15, 0.2) is 0 Å². The van der Waals surface area contributed by atoms with E-state index in [4.69, 9.17) is 0 Å². The molecule has 0 unspecified atom stereocenters. The maximum Gasteiger partial charge on any atom is 0.317 e. The molecule has 2 aromatic carbocycles. The van der Waals surface area contributed by atoms with E-state index in [2.05, 4.69) is 21.9 Å². The Morgan fingerprint density at radius 3 is 2.20 bits per heavy atom. The highest BCUT2D eigenvalue weighted by Gasteiger charge is 2.21. The first-order valence-corrected chi connectivity index (χ1v) is 11.8. The fourth-order valence-corrected chi connectivity index (χ4v) is 4.38. The van der Waals surface area contributed by atoms with Crippen LogP contribution in [0.1, 0.15) is 25.3 Å². The third-order valence-electron chi connectivity index (χ3n) is 5.19. The van der Waals surface area contributed by atoms with Gasteiger partial charge in [0.2, 0.25) is 0 Å². The van der Waals surface area contributed by atoms with Gasteiger partial charge in [0, 0.05) is 44.1 Å². The maximum atomic E-state index is 12.5. The van der Waals surface area contributed by atoms with E-state index < -0.39 is 10.0 Å². The van der Waals surface area contributed by atoms with E-state index in [1.54, 1.807) is 36.4 Å². The van der Waals surface area contributed by atoms with Crippen LogP contribution in [0.3, 0.4) is 0 Å². The maximum absolute atomic E-state index is 12.5. The first-order valence-electron chi connectivity index (χ1n) is 10.4. The van der Waals surface area contributed by atoms with Crippen molar-refractivity contribution in [3.8, 4) is 0 Å². The Morgan fingerprint density at radius 2 is 1.60 bits per heavy atom. The average molecular weight is 431 g/mol. The molecule has 7 nitrogen and oxygen atoms in total. The highest BCUT2D eigenvalue weighted by Crippen LogP contribution is 2.22. The van der Waals surface area contributed by atoms with Crippen LogP contribution in [0.4, 0.5) is 16.2 Å². The number of aryl methyl sites for hydroxylation is 1. The van der Waals surface area contributed by atoms with Crippen LogP contribution in [-0.2, 0) is 10.0 Å². The monoisotopic (exact) mass is 430 g/mol. The minimum atomic E-state index is -3.61. The van der Waals surface area contributed by atoms with Crippen molar-refractivity contribution >= 4 is 27.4 Å². The number of piperazine rings is 1. The highest BCUT2D eigenvalue weighted by atomic mass is 32.2. The molecular weight excluding hydrogens is 400 g/mol. The van der Waals surface area contributed by atoms with Crippen LogP contribution in [-0.4, -0.2) is 52.1 Å². The number of rotatable bonds is 7. The van der Waals surface area contributed by atoms with Crippen LogP contribution in [0, 0.1) is 6.92 Å². The first kappa shape index (κ1) is 22.0. The zero-order valence-electron chi connectivity index (χ0n) is 17.6. The summed E-state index contributed by atoms with van der Waals surface area (Å²) in [6.07, 6.45) is 2.05. The molecule has 0 atom stereocenters. The Kier molecular flexibility index (Phi) is 7.20. The lowest BCUT2D eigenvalue weighted by atomic mass is 10.2. The van der Waals surface area contributed by atoms with E-state index in [1.807, 2.05) is 24.0 Å². The van der Waals surface area contributed by atoms with Crippen LogP contribution in [0.25, 0.3) is 0 Å². The second-order valence-electron chi connectivity index (χ2n) is 7.53. The minimum absolute atomic E-state index is 0.00367. The number of nitrogens with one attached hydrogen (secondary N) is 2. The van der Waals surface area contributed by atoms with Crippen molar-refractivity contribution < 1.29 is 13.2 Å². The van der Waals surface area contributed by atoms with Gasteiger partial charge in [0.25, 0.3) is 10.0 Å². The van der Waals surface area contributed by atoms with Crippen molar-refractivity contribution in [2.24, 2.45) is 0 Å². The quantitative estimate of drug-likeness (QED) is 0.660. The van der Waals surface area contributed by atoms with Crippen molar-refractivity contribution in [3.05, 3.63) is 54.1 Å². The summed E-state index contributed by atoms with van der Waals surface area (Å²) in [6, 6.07) is 14.1. The summed E-state index contributed by atoms with van der Waals surface area (Å²) in [5, 5.41) is 2.96. The van der Waals surface area contributed by atoms with Crippen molar-refractivity contribution in [2.75, 3.05) is 42.3 Å². The summed E-state index contributed by atoms with van der Waals surface area (Å²) >= 11 is 0. The number of hydrogen-bond donors (Lipinski definition) is 2. The lowest BCUT2D eigenvalue weighted by Gasteiger charge is -2.36. The van der Waals surface area contributed by atoms with Gasteiger partial charge < -0.3 is 15.1 Å². The second kappa shape index (κ2) is 9.84. The molecule has 8 heteroatoms.